The van der Waals surface area contributed by atoms with Crippen LogP contribution in [0.5, 0.6) is 0 Å². The van der Waals surface area contributed by atoms with Gasteiger partial charge in [0.15, 0.2) is 0 Å². The fraction of sp³-hybridized carbons (Fsp3) is 1.00. The number of hydrogen-bond donors (Lipinski definition) is 0. The fourth-order valence-corrected chi connectivity index (χ4v) is 2.55. The van der Waals surface area contributed by atoms with E-state index in [1.165, 1.54) is 0 Å². The van der Waals surface area contributed by atoms with Crippen molar-refractivity contribution in [3.05, 3.63) is 0 Å². The highest BCUT2D eigenvalue weighted by Gasteiger charge is 2.32. The third-order valence-corrected chi connectivity index (χ3v) is 3.26. The van der Waals surface area contributed by atoms with Gasteiger partial charge in [0.2, 0.25) is 0 Å². The van der Waals surface area contributed by atoms with Crippen LogP contribution in [0.1, 0.15) is 19.8 Å². The van der Waals surface area contributed by atoms with E-state index in [4.69, 9.17) is 4.74 Å². The molecule has 0 radical (unpaired) electrons. The van der Waals surface area contributed by atoms with E-state index in [0.29, 0.717) is 26.1 Å². The van der Waals surface area contributed by atoms with Gasteiger partial charge in [0.05, 0.1) is 5.75 Å². The zero-order chi connectivity index (χ0) is 9.24. The summed E-state index contributed by atoms with van der Waals surface area (Å²) in [6.07, 6.45) is 1.24. The average molecular weight is 196 g/mol. The maximum atomic E-state index is 12.4. The molecule has 0 N–H and O–H groups in total. The Morgan fingerprint density at radius 3 is 2.33 bits per heavy atom. The van der Waals surface area contributed by atoms with E-state index < -0.39 is 15.6 Å². The number of halogens is 1. The van der Waals surface area contributed by atoms with Crippen LogP contribution in [0.25, 0.3) is 0 Å². The van der Waals surface area contributed by atoms with E-state index in [1.54, 1.807) is 6.92 Å². The molecule has 0 atom stereocenters. The molecule has 0 aromatic heterocycles. The van der Waals surface area contributed by atoms with Crippen LogP contribution < -0.4 is 0 Å². The summed E-state index contributed by atoms with van der Waals surface area (Å²) in [6, 6.07) is 0. The molecule has 3 nitrogen and oxygen atoms in total. The minimum atomic E-state index is -4.34. The summed E-state index contributed by atoms with van der Waals surface area (Å²) in [5.74, 6) is -0.372. The van der Waals surface area contributed by atoms with Gasteiger partial charge < -0.3 is 4.74 Å². The summed E-state index contributed by atoms with van der Waals surface area (Å²) in [5.41, 5.74) is -0.425. The third-order valence-electron chi connectivity index (χ3n) is 2.22. The molecule has 0 amide bonds. The Kier molecular flexibility index (Phi) is 2.73. The Hall–Kier alpha value is -0.160. The first-order valence-corrected chi connectivity index (χ1v) is 5.47. The predicted octanol–water partition coefficient (Wildman–Crippen LogP) is 1.10. The molecule has 0 saturated carbocycles. The van der Waals surface area contributed by atoms with Gasteiger partial charge in [-0.3, -0.25) is 0 Å². The van der Waals surface area contributed by atoms with Crippen LogP contribution in [0.15, 0.2) is 0 Å². The Bertz CT molecular complexity index is 241. The molecule has 12 heavy (non-hydrogen) atoms. The highest BCUT2D eigenvalue weighted by atomic mass is 32.3. The van der Waals surface area contributed by atoms with Crippen molar-refractivity contribution in [3.63, 3.8) is 0 Å². The minimum Gasteiger partial charge on any atom is -0.381 e. The Morgan fingerprint density at radius 2 is 1.92 bits per heavy atom. The molecule has 1 fully saturated rings. The summed E-state index contributed by atoms with van der Waals surface area (Å²) < 4.78 is 38.2. The van der Waals surface area contributed by atoms with E-state index in [9.17, 15) is 12.3 Å². The summed E-state index contributed by atoms with van der Waals surface area (Å²) in [4.78, 5) is 0. The molecule has 1 heterocycles. The summed E-state index contributed by atoms with van der Waals surface area (Å²) >= 11 is 0. The molecule has 0 aromatic rings. The van der Waals surface area contributed by atoms with Crippen LogP contribution in [0.4, 0.5) is 3.89 Å². The van der Waals surface area contributed by atoms with Crippen molar-refractivity contribution in [2.75, 3.05) is 19.0 Å². The summed E-state index contributed by atoms with van der Waals surface area (Å²) in [7, 11) is -4.34. The van der Waals surface area contributed by atoms with Crippen LogP contribution in [0, 0.1) is 5.41 Å². The number of hydrogen-bond acceptors (Lipinski definition) is 3. The first-order valence-electron chi connectivity index (χ1n) is 3.91. The van der Waals surface area contributed by atoms with Gasteiger partial charge in [-0.15, -0.1) is 3.89 Å². The van der Waals surface area contributed by atoms with Crippen LogP contribution in [0.3, 0.4) is 0 Å². The fourth-order valence-electron chi connectivity index (χ4n) is 1.42. The van der Waals surface area contributed by atoms with Gasteiger partial charge in [0.1, 0.15) is 0 Å². The summed E-state index contributed by atoms with van der Waals surface area (Å²) in [6.45, 7) is 2.85. The standard InChI is InChI=1S/C7H13FO3S/c1-7(6-12(8,9)10)2-4-11-5-3-7/h2-6H2,1H3. The van der Waals surface area contributed by atoms with Gasteiger partial charge in [-0.2, -0.15) is 8.42 Å². The molecular weight excluding hydrogens is 183 g/mol. The highest BCUT2D eigenvalue weighted by Crippen LogP contribution is 2.31. The largest absolute Gasteiger partial charge is 0.381 e. The second-order valence-electron chi connectivity index (χ2n) is 3.61. The van der Waals surface area contributed by atoms with E-state index >= 15 is 0 Å². The van der Waals surface area contributed by atoms with Gasteiger partial charge in [-0.1, -0.05) is 6.92 Å². The third kappa shape index (κ3) is 3.06. The van der Waals surface area contributed by atoms with E-state index in [1.807, 2.05) is 0 Å². The van der Waals surface area contributed by atoms with Crippen molar-refractivity contribution in [2.24, 2.45) is 5.41 Å². The molecule has 1 aliphatic rings. The lowest BCUT2D eigenvalue weighted by atomic mass is 9.85. The average Bonchev–Trinajstić information content (AvgIpc) is 1.83. The van der Waals surface area contributed by atoms with Crippen molar-refractivity contribution in [2.45, 2.75) is 19.8 Å². The molecule has 1 rings (SSSR count). The molecule has 5 heteroatoms. The predicted molar refractivity (Wildman–Crippen MR) is 43.1 cm³/mol. The second kappa shape index (κ2) is 3.30. The maximum Gasteiger partial charge on any atom is 0.302 e. The van der Waals surface area contributed by atoms with Crippen LogP contribution in [0.2, 0.25) is 0 Å². The zero-order valence-corrected chi connectivity index (χ0v) is 7.86. The molecule has 0 bridgehead atoms. The van der Waals surface area contributed by atoms with Crippen LogP contribution >= 0.6 is 0 Å². The van der Waals surface area contributed by atoms with Gasteiger partial charge in [0, 0.05) is 13.2 Å². The second-order valence-corrected chi connectivity index (χ2v) is 4.97. The van der Waals surface area contributed by atoms with Crippen molar-refractivity contribution < 1.29 is 17.0 Å². The van der Waals surface area contributed by atoms with Crippen molar-refractivity contribution in [3.8, 4) is 0 Å². The number of ether oxygens (including phenoxy) is 1. The van der Waals surface area contributed by atoms with Crippen molar-refractivity contribution in [1.29, 1.82) is 0 Å². The monoisotopic (exact) mass is 196 g/mol. The minimum absolute atomic E-state index is 0.372. The van der Waals surface area contributed by atoms with Gasteiger partial charge in [-0.25, -0.2) is 0 Å². The Labute approximate surface area is 72.1 Å². The SMILES string of the molecule is CC1(CS(=O)(=O)F)CCOCC1. The van der Waals surface area contributed by atoms with E-state index in [2.05, 4.69) is 0 Å². The lowest BCUT2D eigenvalue weighted by molar-refractivity contribution is 0.0338. The molecular formula is C7H13FO3S. The summed E-state index contributed by atoms with van der Waals surface area (Å²) in [5, 5.41) is 0. The number of rotatable bonds is 2. The van der Waals surface area contributed by atoms with Gasteiger partial charge in [0.25, 0.3) is 0 Å². The molecule has 0 aliphatic carbocycles. The van der Waals surface area contributed by atoms with Crippen LogP contribution in [-0.2, 0) is 15.0 Å². The van der Waals surface area contributed by atoms with Gasteiger partial charge in [-0.05, 0) is 18.3 Å². The van der Waals surface area contributed by atoms with Crippen molar-refractivity contribution >= 4 is 10.2 Å². The topological polar surface area (TPSA) is 43.4 Å². The first kappa shape index (κ1) is 9.92. The van der Waals surface area contributed by atoms with E-state index in [0.717, 1.165) is 0 Å². The normalized spacial score (nSPS) is 23.8. The maximum absolute atomic E-state index is 12.4. The van der Waals surface area contributed by atoms with Gasteiger partial charge >= 0.3 is 10.2 Å². The molecule has 0 spiro atoms. The highest BCUT2D eigenvalue weighted by molar-refractivity contribution is 7.86. The molecule has 1 saturated heterocycles. The van der Waals surface area contributed by atoms with Crippen molar-refractivity contribution in [1.82, 2.24) is 0 Å². The molecule has 1 aliphatic heterocycles. The Morgan fingerprint density at radius 1 is 1.42 bits per heavy atom. The smallest absolute Gasteiger partial charge is 0.302 e. The quantitative estimate of drug-likeness (QED) is 0.621. The molecule has 72 valence electrons. The van der Waals surface area contributed by atoms with Crippen LogP contribution in [-0.4, -0.2) is 27.4 Å². The first-order chi connectivity index (χ1) is 5.41. The Balaban J connectivity index is 2.59. The lowest BCUT2D eigenvalue weighted by Gasteiger charge is -2.31. The zero-order valence-electron chi connectivity index (χ0n) is 7.05. The molecule has 0 unspecified atom stereocenters. The van der Waals surface area contributed by atoms with E-state index in [-0.39, 0.29) is 5.75 Å². The lowest BCUT2D eigenvalue weighted by Crippen LogP contribution is -2.32. The molecule has 0 aromatic carbocycles.